The first-order chi connectivity index (χ1) is 11.1. The molecular formula is C20H21ClF2. The van der Waals surface area contributed by atoms with E-state index in [0.717, 1.165) is 25.7 Å². The monoisotopic (exact) mass is 334 g/mol. The summed E-state index contributed by atoms with van der Waals surface area (Å²) in [6.45, 7) is 3.61. The van der Waals surface area contributed by atoms with E-state index in [9.17, 15) is 8.78 Å². The number of halogens is 3. The summed E-state index contributed by atoms with van der Waals surface area (Å²) in [5.41, 5.74) is 2.09. The highest BCUT2D eigenvalue weighted by Crippen LogP contribution is 2.29. The maximum absolute atomic E-state index is 14.1. The summed E-state index contributed by atoms with van der Waals surface area (Å²) in [5.74, 6) is 5.32. The molecule has 23 heavy (non-hydrogen) atoms. The fourth-order valence-corrected chi connectivity index (χ4v) is 3.10. The van der Waals surface area contributed by atoms with Gasteiger partial charge in [0.05, 0.1) is 5.56 Å². The Hall–Kier alpha value is -1.59. The summed E-state index contributed by atoms with van der Waals surface area (Å²) < 4.78 is 28.1. The van der Waals surface area contributed by atoms with Crippen LogP contribution in [0.3, 0.4) is 0 Å². The predicted octanol–water partition coefficient (Wildman–Crippen LogP) is 5.99. The molecule has 1 saturated carbocycles. The van der Waals surface area contributed by atoms with E-state index < -0.39 is 11.6 Å². The SMILES string of the molecule is C=CCCc1cc(F)c(C#C[C@H]2CC[C@H](C=CCl)CC2)c(F)c1. The Kier molecular flexibility index (Phi) is 6.86. The van der Waals surface area contributed by atoms with E-state index in [-0.39, 0.29) is 11.5 Å². The van der Waals surface area contributed by atoms with Crippen molar-refractivity contribution in [3.05, 3.63) is 59.2 Å². The lowest BCUT2D eigenvalue weighted by atomic mass is 9.82. The Balaban J connectivity index is 2.05. The van der Waals surface area contributed by atoms with Crippen molar-refractivity contribution in [3.63, 3.8) is 0 Å². The molecule has 1 aromatic carbocycles. The molecule has 0 heterocycles. The van der Waals surface area contributed by atoms with Crippen LogP contribution in [-0.2, 0) is 6.42 Å². The molecule has 3 heteroatoms. The Morgan fingerprint density at radius 2 is 1.83 bits per heavy atom. The van der Waals surface area contributed by atoms with Crippen LogP contribution < -0.4 is 0 Å². The number of allylic oxidation sites excluding steroid dienone is 2. The third-order valence-electron chi connectivity index (χ3n) is 4.26. The van der Waals surface area contributed by atoms with Crippen molar-refractivity contribution in [2.45, 2.75) is 38.5 Å². The van der Waals surface area contributed by atoms with Gasteiger partial charge in [-0.15, -0.1) is 6.58 Å². The lowest BCUT2D eigenvalue weighted by Crippen LogP contribution is -2.11. The molecule has 0 atom stereocenters. The standard InChI is InChI=1S/C20H21ClF2/c1-2-3-4-17-13-19(22)18(20(23)14-17)10-9-15-5-7-16(8-6-15)11-12-21/h2,11-16H,1,3-8H2/t15-,16-. The van der Waals surface area contributed by atoms with Crippen LogP contribution >= 0.6 is 11.6 Å². The molecule has 0 spiro atoms. The summed E-state index contributed by atoms with van der Waals surface area (Å²) in [6.07, 6.45) is 8.96. The van der Waals surface area contributed by atoms with Crippen LogP contribution in [0.5, 0.6) is 0 Å². The topological polar surface area (TPSA) is 0 Å². The van der Waals surface area contributed by atoms with E-state index in [4.69, 9.17) is 11.6 Å². The zero-order chi connectivity index (χ0) is 16.7. The van der Waals surface area contributed by atoms with Gasteiger partial charge in [0.2, 0.25) is 0 Å². The fraction of sp³-hybridized carbons (Fsp3) is 0.400. The van der Waals surface area contributed by atoms with Gasteiger partial charge in [0, 0.05) is 11.5 Å². The molecule has 0 bridgehead atoms. The van der Waals surface area contributed by atoms with Crippen molar-refractivity contribution in [1.82, 2.24) is 0 Å². The second-order valence-corrected chi connectivity index (χ2v) is 6.21. The van der Waals surface area contributed by atoms with Crippen LogP contribution in [0.4, 0.5) is 8.78 Å². The second-order valence-electron chi connectivity index (χ2n) is 5.96. The van der Waals surface area contributed by atoms with Crippen molar-refractivity contribution in [2.24, 2.45) is 11.8 Å². The molecule has 0 N–H and O–H groups in total. The van der Waals surface area contributed by atoms with Gasteiger partial charge in [-0.2, -0.15) is 0 Å². The normalized spacial score (nSPS) is 21.0. The maximum atomic E-state index is 14.1. The van der Waals surface area contributed by atoms with Crippen LogP contribution in [0, 0.1) is 35.3 Å². The summed E-state index contributed by atoms with van der Waals surface area (Å²) in [7, 11) is 0. The molecule has 0 unspecified atom stereocenters. The molecule has 0 radical (unpaired) electrons. The smallest absolute Gasteiger partial charge is 0.142 e. The molecule has 0 aliphatic heterocycles. The van der Waals surface area contributed by atoms with Gasteiger partial charge >= 0.3 is 0 Å². The Morgan fingerprint density at radius 3 is 2.39 bits per heavy atom. The molecule has 0 saturated heterocycles. The van der Waals surface area contributed by atoms with E-state index >= 15 is 0 Å². The zero-order valence-corrected chi connectivity index (χ0v) is 13.9. The van der Waals surface area contributed by atoms with Gasteiger partial charge in [-0.3, -0.25) is 0 Å². The molecule has 1 aliphatic carbocycles. The summed E-state index contributed by atoms with van der Waals surface area (Å²) in [6, 6.07) is 2.75. The molecule has 1 aromatic rings. The Labute approximate surface area is 142 Å². The maximum Gasteiger partial charge on any atom is 0.142 e. The third kappa shape index (κ3) is 5.22. The van der Waals surface area contributed by atoms with Gasteiger partial charge in [0.1, 0.15) is 11.6 Å². The number of aryl methyl sites for hydroxylation is 1. The molecule has 0 amide bonds. The molecule has 1 aliphatic rings. The van der Waals surface area contributed by atoms with E-state index in [2.05, 4.69) is 18.4 Å². The summed E-state index contributed by atoms with van der Waals surface area (Å²) in [5, 5.41) is 0. The van der Waals surface area contributed by atoms with Gasteiger partial charge in [0.15, 0.2) is 0 Å². The van der Waals surface area contributed by atoms with Gasteiger partial charge < -0.3 is 0 Å². The molecule has 1 fully saturated rings. The second kappa shape index (κ2) is 8.89. The minimum absolute atomic E-state index is 0.116. The highest BCUT2D eigenvalue weighted by Gasteiger charge is 2.18. The first kappa shape index (κ1) is 17.8. The molecule has 0 nitrogen and oxygen atoms in total. The van der Waals surface area contributed by atoms with Gasteiger partial charge in [0.25, 0.3) is 0 Å². The number of rotatable bonds is 4. The summed E-state index contributed by atoms with van der Waals surface area (Å²) >= 11 is 5.59. The van der Waals surface area contributed by atoms with Crippen molar-refractivity contribution >= 4 is 11.6 Å². The fourth-order valence-electron chi connectivity index (χ4n) is 2.89. The van der Waals surface area contributed by atoms with E-state index in [1.54, 1.807) is 11.6 Å². The van der Waals surface area contributed by atoms with E-state index in [0.29, 0.717) is 24.3 Å². The molecule has 2 rings (SSSR count). The van der Waals surface area contributed by atoms with E-state index in [1.807, 2.05) is 6.08 Å². The number of benzene rings is 1. The first-order valence-electron chi connectivity index (χ1n) is 8.01. The van der Waals surface area contributed by atoms with Crippen LogP contribution in [0.25, 0.3) is 0 Å². The van der Waals surface area contributed by atoms with Crippen LogP contribution in [0.1, 0.15) is 43.2 Å². The average molecular weight is 335 g/mol. The highest BCUT2D eigenvalue weighted by atomic mass is 35.5. The minimum atomic E-state index is -0.574. The molecule has 0 aromatic heterocycles. The number of hydrogen-bond acceptors (Lipinski definition) is 0. The summed E-state index contributed by atoms with van der Waals surface area (Å²) in [4.78, 5) is 0. The van der Waals surface area contributed by atoms with Crippen molar-refractivity contribution in [3.8, 4) is 11.8 Å². The minimum Gasteiger partial charge on any atom is -0.206 e. The molecular weight excluding hydrogens is 314 g/mol. The predicted molar refractivity (Wildman–Crippen MR) is 92.2 cm³/mol. The van der Waals surface area contributed by atoms with Crippen molar-refractivity contribution < 1.29 is 8.78 Å². The van der Waals surface area contributed by atoms with Crippen molar-refractivity contribution in [2.75, 3.05) is 0 Å². The van der Waals surface area contributed by atoms with Gasteiger partial charge in [-0.25, -0.2) is 8.78 Å². The first-order valence-corrected chi connectivity index (χ1v) is 8.45. The Morgan fingerprint density at radius 1 is 1.17 bits per heavy atom. The average Bonchev–Trinajstić information content (AvgIpc) is 2.54. The van der Waals surface area contributed by atoms with Crippen LogP contribution in [0.2, 0.25) is 0 Å². The van der Waals surface area contributed by atoms with Gasteiger partial charge in [-0.1, -0.05) is 35.6 Å². The van der Waals surface area contributed by atoms with Crippen LogP contribution in [-0.4, -0.2) is 0 Å². The van der Waals surface area contributed by atoms with E-state index in [1.165, 1.54) is 12.1 Å². The van der Waals surface area contributed by atoms with Gasteiger partial charge in [-0.05, 0) is 62.1 Å². The lowest BCUT2D eigenvalue weighted by molar-refractivity contribution is 0.365. The van der Waals surface area contributed by atoms with Crippen molar-refractivity contribution in [1.29, 1.82) is 0 Å². The third-order valence-corrected chi connectivity index (χ3v) is 4.40. The quantitative estimate of drug-likeness (QED) is 0.468. The lowest BCUT2D eigenvalue weighted by Gasteiger charge is -2.22. The highest BCUT2D eigenvalue weighted by molar-refractivity contribution is 6.25. The molecule has 122 valence electrons. The number of hydrogen-bond donors (Lipinski definition) is 0. The van der Waals surface area contributed by atoms with Crippen LogP contribution in [0.15, 0.2) is 36.4 Å². The largest absolute Gasteiger partial charge is 0.206 e. The zero-order valence-electron chi connectivity index (χ0n) is 13.1. The Bertz CT molecular complexity index is 606.